The highest BCUT2D eigenvalue weighted by Gasteiger charge is 2.17. The fourth-order valence-corrected chi connectivity index (χ4v) is 1.56. The van der Waals surface area contributed by atoms with Crippen molar-refractivity contribution in [2.75, 3.05) is 13.2 Å². The van der Waals surface area contributed by atoms with Crippen LogP contribution in [0.25, 0.3) is 0 Å². The topological polar surface area (TPSA) is 66.8 Å². The molecule has 0 aliphatic rings. The van der Waals surface area contributed by atoms with Crippen LogP contribution in [0, 0.1) is 0 Å². The smallest absolute Gasteiger partial charge is 0.159 e. The molecule has 106 valence electrons. The van der Waals surface area contributed by atoms with Gasteiger partial charge in [0.05, 0.1) is 6.61 Å². The maximum Gasteiger partial charge on any atom is 0.159 e. The summed E-state index contributed by atoms with van der Waals surface area (Å²) in [5.74, 6) is 0.504. The lowest BCUT2D eigenvalue weighted by atomic mass is 9.85. The summed E-state index contributed by atoms with van der Waals surface area (Å²) in [5, 5.41) is 18.0. The molecule has 0 saturated carbocycles. The third-order valence-corrected chi connectivity index (χ3v) is 2.83. The quantitative estimate of drug-likeness (QED) is 0.799. The molecule has 1 aromatic carbocycles. The van der Waals surface area contributed by atoms with Crippen molar-refractivity contribution in [1.29, 1.82) is 0 Å². The largest absolute Gasteiger partial charge is 0.491 e. The molecule has 4 heteroatoms. The van der Waals surface area contributed by atoms with Crippen LogP contribution >= 0.6 is 0 Å². The summed E-state index contributed by atoms with van der Waals surface area (Å²) in [6.07, 6.45) is -0.918. The van der Waals surface area contributed by atoms with Crippen LogP contribution in [0.4, 0.5) is 0 Å². The van der Waals surface area contributed by atoms with Crippen LogP contribution in [0.3, 0.4) is 0 Å². The van der Waals surface area contributed by atoms with Crippen LogP contribution in [0.15, 0.2) is 18.2 Å². The summed E-state index contributed by atoms with van der Waals surface area (Å²) in [6, 6.07) is 5.37. The summed E-state index contributed by atoms with van der Waals surface area (Å²) >= 11 is 0. The van der Waals surface area contributed by atoms with E-state index in [4.69, 9.17) is 9.84 Å². The van der Waals surface area contributed by atoms with Gasteiger partial charge in [0.2, 0.25) is 0 Å². The lowest BCUT2D eigenvalue weighted by Gasteiger charge is -2.21. The second-order valence-electron chi connectivity index (χ2n) is 5.70. The van der Waals surface area contributed by atoms with Crippen LogP contribution in [-0.4, -0.2) is 35.3 Å². The van der Waals surface area contributed by atoms with E-state index in [1.165, 1.54) is 6.92 Å². The molecule has 4 nitrogen and oxygen atoms in total. The Morgan fingerprint density at radius 3 is 2.42 bits per heavy atom. The monoisotopic (exact) mass is 266 g/mol. The Hall–Kier alpha value is -1.39. The molecule has 1 atom stereocenters. The van der Waals surface area contributed by atoms with E-state index in [9.17, 15) is 9.90 Å². The van der Waals surface area contributed by atoms with Crippen LogP contribution in [-0.2, 0) is 5.41 Å². The molecule has 0 aromatic heterocycles. The van der Waals surface area contributed by atoms with Gasteiger partial charge in [-0.25, -0.2) is 0 Å². The Kier molecular flexibility index (Phi) is 5.09. The lowest BCUT2D eigenvalue weighted by molar-refractivity contribution is 0.0535. The summed E-state index contributed by atoms with van der Waals surface area (Å²) in [5.41, 5.74) is 1.48. The van der Waals surface area contributed by atoms with Gasteiger partial charge >= 0.3 is 0 Å². The van der Waals surface area contributed by atoms with Gasteiger partial charge in [0.25, 0.3) is 0 Å². The highest BCUT2D eigenvalue weighted by molar-refractivity contribution is 5.94. The molecule has 0 heterocycles. The Morgan fingerprint density at radius 2 is 1.95 bits per heavy atom. The summed E-state index contributed by atoms with van der Waals surface area (Å²) in [4.78, 5) is 11.5. The van der Waals surface area contributed by atoms with Crippen molar-refractivity contribution in [3.05, 3.63) is 29.3 Å². The molecule has 0 fully saturated rings. The normalized spacial score (nSPS) is 13.2. The van der Waals surface area contributed by atoms with Gasteiger partial charge in [-0.3, -0.25) is 4.79 Å². The minimum Gasteiger partial charge on any atom is -0.491 e. The van der Waals surface area contributed by atoms with E-state index in [0.29, 0.717) is 11.3 Å². The number of carbonyl (C=O) groups excluding carboxylic acids is 1. The zero-order valence-corrected chi connectivity index (χ0v) is 11.9. The van der Waals surface area contributed by atoms with E-state index in [0.717, 1.165) is 5.56 Å². The van der Waals surface area contributed by atoms with Gasteiger partial charge in [-0.1, -0.05) is 20.8 Å². The number of carbonyl (C=O) groups is 1. The molecule has 0 radical (unpaired) electrons. The molecule has 1 unspecified atom stereocenters. The standard InChI is InChI=1S/C15H22O4/c1-10(17)11-5-12(15(2,3)4)7-14(6-11)19-9-13(18)8-16/h5-7,13,16,18H,8-9H2,1-4H3. The molecule has 2 N–H and O–H groups in total. The van der Waals surface area contributed by atoms with Crippen molar-refractivity contribution in [3.8, 4) is 5.75 Å². The SMILES string of the molecule is CC(=O)c1cc(OCC(O)CO)cc(C(C)(C)C)c1. The predicted molar refractivity (Wildman–Crippen MR) is 73.7 cm³/mol. The first kappa shape index (κ1) is 15.7. The van der Waals surface area contributed by atoms with Crippen molar-refractivity contribution < 1.29 is 19.7 Å². The first-order valence-corrected chi connectivity index (χ1v) is 6.32. The first-order valence-electron chi connectivity index (χ1n) is 6.32. The number of aliphatic hydroxyl groups is 2. The minimum absolute atomic E-state index is 0.00143. The number of aliphatic hydroxyl groups excluding tert-OH is 2. The number of ether oxygens (including phenoxy) is 1. The molecule has 0 aliphatic heterocycles. The molecule has 0 amide bonds. The van der Waals surface area contributed by atoms with Gasteiger partial charge in [0, 0.05) is 5.56 Å². The molecule has 1 rings (SSSR count). The summed E-state index contributed by atoms with van der Waals surface area (Å²) < 4.78 is 5.42. The van der Waals surface area contributed by atoms with Gasteiger partial charge in [-0.15, -0.1) is 0 Å². The van der Waals surface area contributed by atoms with E-state index in [-0.39, 0.29) is 24.4 Å². The molecular weight excluding hydrogens is 244 g/mol. The molecule has 19 heavy (non-hydrogen) atoms. The lowest BCUT2D eigenvalue weighted by Crippen LogP contribution is -2.21. The first-order chi connectivity index (χ1) is 8.74. The average molecular weight is 266 g/mol. The molecule has 0 bridgehead atoms. The number of hydrogen-bond acceptors (Lipinski definition) is 4. The highest BCUT2D eigenvalue weighted by atomic mass is 16.5. The van der Waals surface area contributed by atoms with E-state index in [2.05, 4.69) is 20.8 Å². The second-order valence-corrected chi connectivity index (χ2v) is 5.70. The third-order valence-electron chi connectivity index (χ3n) is 2.83. The van der Waals surface area contributed by atoms with Gasteiger partial charge in [-0.2, -0.15) is 0 Å². The number of hydrogen-bond donors (Lipinski definition) is 2. The van der Waals surface area contributed by atoms with Gasteiger partial charge in [0.1, 0.15) is 18.5 Å². The van der Waals surface area contributed by atoms with Crippen LogP contribution < -0.4 is 4.74 Å². The van der Waals surface area contributed by atoms with E-state index in [1.807, 2.05) is 12.1 Å². The van der Waals surface area contributed by atoms with Crippen molar-refractivity contribution in [3.63, 3.8) is 0 Å². The number of Topliss-reactive ketones (excluding diaryl/α,β-unsaturated/α-hetero) is 1. The maximum atomic E-state index is 11.5. The molecule has 1 aromatic rings. The zero-order valence-electron chi connectivity index (χ0n) is 11.9. The number of benzene rings is 1. The van der Waals surface area contributed by atoms with Crippen molar-refractivity contribution in [2.45, 2.75) is 39.2 Å². The minimum atomic E-state index is -0.918. The molecular formula is C15H22O4. The predicted octanol–water partition coefficient (Wildman–Crippen LogP) is 1.92. The van der Waals surface area contributed by atoms with Gasteiger partial charge in [0.15, 0.2) is 5.78 Å². The molecule has 0 spiro atoms. The Labute approximate surface area is 114 Å². The fraction of sp³-hybridized carbons (Fsp3) is 0.533. The fourth-order valence-electron chi connectivity index (χ4n) is 1.56. The van der Waals surface area contributed by atoms with Gasteiger partial charge in [-0.05, 0) is 36.1 Å². The van der Waals surface area contributed by atoms with E-state index >= 15 is 0 Å². The zero-order chi connectivity index (χ0) is 14.6. The second kappa shape index (κ2) is 6.17. The molecule has 0 saturated heterocycles. The van der Waals surface area contributed by atoms with E-state index in [1.54, 1.807) is 6.07 Å². The number of rotatable bonds is 5. The molecule has 0 aliphatic carbocycles. The van der Waals surface area contributed by atoms with Crippen molar-refractivity contribution in [2.24, 2.45) is 0 Å². The van der Waals surface area contributed by atoms with Gasteiger partial charge < -0.3 is 14.9 Å². The Morgan fingerprint density at radius 1 is 1.32 bits per heavy atom. The van der Waals surface area contributed by atoms with Crippen molar-refractivity contribution in [1.82, 2.24) is 0 Å². The average Bonchev–Trinajstić information content (AvgIpc) is 2.34. The van der Waals surface area contributed by atoms with Crippen molar-refractivity contribution >= 4 is 5.78 Å². The van der Waals surface area contributed by atoms with Crippen LogP contribution in [0.1, 0.15) is 43.6 Å². The Bertz CT molecular complexity index is 446. The summed E-state index contributed by atoms with van der Waals surface area (Å²) in [6.45, 7) is 7.32. The van der Waals surface area contributed by atoms with Crippen LogP contribution in [0.2, 0.25) is 0 Å². The van der Waals surface area contributed by atoms with Crippen LogP contribution in [0.5, 0.6) is 5.75 Å². The maximum absolute atomic E-state index is 11.5. The Balaban J connectivity index is 3.03. The van der Waals surface area contributed by atoms with E-state index < -0.39 is 6.10 Å². The number of ketones is 1. The summed E-state index contributed by atoms with van der Waals surface area (Å²) in [7, 11) is 0. The third kappa shape index (κ3) is 4.65. The highest BCUT2D eigenvalue weighted by Crippen LogP contribution is 2.28.